The topological polar surface area (TPSA) is 71.1 Å². The maximum atomic E-state index is 12.7. The minimum atomic E-state index is -0.332. The van der Waals surface area contributed by atoms with Crippen LogP contribution in [0.15, 0.2) is 24.3 Å². The molecule has 1 fully saturated rings. The largest absolute Gasteiger partial charge is 0.492 e. The number of hydrogen-bond donors (Lipinski definition) is 1. The van der Waals surface area contributed by atoms with Crippen molar-refractivity contribution in [2.75, 3.05) is 57.8 Å². The summed E-state index contributed by atoms with van der Waals surface area (Å²) in [5.41, 5.74) is 1.62. The zero-order valence-corrected chi connectivity index (χ0v) is 20.5. The number of carbonyl (C=O) groups excluding carboxylic acids is 2. The highest BCUT2D eigenvalue weighted by Crippen LogP contribution is 2.39. The van der Waals surface area contributed by atoms with Crippen molar-refractivity contribution < 1.29 is 19.1 Å². The number of ether oxygens (including phenoxy) is 2. The molecule has 1 aliphatic heterocycles. The molecule has 1 aromatic heterocycles. The number of thiophene rings is 1. The monoisotopic (exact) mass is 491 g/mol. The Bertz CT molecular complexity index is 971. The fraction of sp³-hybridized carbons (Fsp3) is 0.500. The third-order valence-corrected chi connectivity index (χ3v) is 7.44. The van der Waals surface area contributed by atoms with Crippen LogP contribution in [0.25, 0.3) is 0 Å². The highest BCUT2D eigenvalue weighted by molar-refractivity contribution is 7.17. The fourth-order valence-electron chi connectivity index (χ4n) is 4.28. The lowest BCUT2D eigenvalue weighted by Gasteiger charge is -2.34. The number of halogens is 1. The van der Waals surface area contributed by atoms with Crippen LogP contribution in [0.3, 0.4) is 0 Å². The summed E-state index contributed by atoms with van der Waals surface area (Å²) >= 11 is 7.42. The summed E-state index contributed by atoms with van der Waals surface area (Å²) in [5.74, 6) is 0.401. The van der Waals surface area contributed by atoms with Crippen molar-refractivity contribution in [1.29, 1.82) is 0 Å². The van der Waals surface area contributed by atoms with Gasteiger partial charge >= 0.3 is 5.97 Å². The molecule has 2 aliphatic rings. The fourth-order valence-corrected chi connectivity index (χ4v) is 5.69. The minimum absolute atomic E-state index is 0.0833. The number of nitrogens with zero attached hydrogens (tertiary/aromatic N) is 2. The number of benzene rings is 1. The molecule has 4 rings (SSSR count). The second kappa shape index (κ2) is 11.3. The van der Waals surface area contributed by atoms with Gasteiger partial charge in [-0.1, -0.05) is 11.6 Å². The zero-order valence-electron chi connectivity index (χ0n) is 18.9. The number of rotatable bonds is 9. The SMILES string of the molecule is CCOC(=O)c1c(NC(=O)CN2CCN(CCOc3ccc(Cl)cc3)CC2)sc2c1CCC2. The molecule has 0 saturated carbocycles. The molecule has 1 amide bonds. The predicted octanol–water partition coefficient (Wildman–Crippen LogP) is 3.70. The van der Waals surface area contributed by atoms with E-state index in [1.54, 1.807) is 6.92 Å². The standard InChI is InChI=1S/C24H30ClN3O4S/c1-2-31-24(30)22-19-4-3-5-20(19)33-23(22)26-21(29)16-28-12-10-27(11-13-28)14-15-32-18-8-6-17(25)7-9-18/h6-9H,2-5,10-16H2,1H3,(H,26,29). The molecule has 1 saturated heterocycles. The Kier molecular flexibility index (Phi) is 8.25. The van der Waals surface area contributed by atoms with Gasteiger partial charge in [-0.2, -0.15) is 0 Å². The van der Waals surface area contributed by atoms with E-state index in [1.165, 1.54) is 16.2 Å². The van der Waals surface area contributed by atoms with Crippen LogP contribution in [0.2, 0.25) is 5.02 Å². The van der Waals surface area contributed by atoms with Gasteiger partial charge < -0.3 is 14.8 Å². The van der Waals surface area contributed by atoms with E-state index in [0.717, 1.165) is 63.3 Å². The van der Waals surface area contributed by atoms with E-state index in [9.17, 15) is 9.59 Å². The van der Waals surface area contributed by atoms with Crippen molar-refractivity contribution in [1.82, 2.24) is 9.80 Å². The van der Waals surface area contributed by atoms with Crippen LogP contribution in [0.1, 0.15) is 34.1 Å². The summed E-state index contributed by atoms with van der Waals surface area (Å²) in [6.07, 6.45) is 2.89. The van der Waals surface area contributed by atoms with E-state index in [4.69, 9.17) is 21.1 Å². The summed E-state index contributed by atoms with van der Waals surface area (Å²) in [5, 5.41) is 4.33. The normalized spacial score (nSPS) is 16.4. The van der Waals surface area contributed by atoms with Gasteiger partial charge in [-0.05, 0) is 56.0 Å². The Morgan fingerprint density at radius 3 is 2.55 bits per heavy atom. The summed E-state index contributed by atoms with van der Waals surface area (Å²) < 4.78 is 11.0. The molecule has 7 nitrogen and oxygen atoms in total. The van der Waals surface area contributed by atoms with Gasteiger partial charge in [0.15, 0.2) is 0 Å². The summed E-state index contributed by atoms with van der Waals surface area (Å²) in [6, 6.07) is 7.38. The number of esters is 1. The lowest BCUT2D eigenvalue weighted by atomic mass is 10.1. The van der Waals surface area contributed by atoms with Gasteiger partial charge in [0.2, 0.25) is 5.91 Å². The summed E-state index contributed by atoms with van der Waals surface area (Å²) in [7, 11) is 0. The van der Waals surface area contributed by atoms with Crippen molar-refractivity contribution >= 4 is 39.8 Å². The Morgan fingerprint density at radius 1 is 1.09 bits per heavy atom. The lowest BCUT2D eigenvalue weighted by Crippen LogP contribution is -2.49. The van der Waals surface area contributed by atoms with Crippen molar-refractivity contribution in [3.05, 3.63) is 45.3 Å². The third-order valence-electron chi connectivity index (χ3n) is 5.98. The molecule has 2 aromatic rings. The van der Waals surface area contributed by atoms with Crippen LogP contribution in [0, 0.1) is 0 Å². The van der Waals surface area contributed by atoms with Crippen molar-refractivity contribution in [2.24, 2.45) is 0 Å². The van der Waals surface area contributed by atoms with Gasteiger partial charge in [-0.3, -0.25) is 14.6 Å². The summed E-state index contributed by atoms with van der Waals surface area (Å²) in [4.78, 5) is 30.9. The van der Waals surface area contributed by atoms with Crippen LogP contribution in [0.4, 0.5) is 5.00 Å². The molecule has 178 valence electrons. The number of hydrogen-bond acceptors (Lipinski definition) is 7. The van der Waals surface area contributed by atoms with E-state index in [0.29, 0.717) is 35.3 Å². The number of fused-ring (bicyclic) bond motifs is 1. The Labute approximate surface area is 203 Å². The quantitative estimate of drug-likeness (QED) is 0.539. The third kappa shape index (κ3) is 6.26. The van der Waals surface area contributed by atoms with Gasteiger partial charge in [0.05, 0.1) is 18.7 Å². The average Bonchev–Trinajstić information content (AvgIpc) is 3.37. The van der Waals surface area contributed by atoms with E-state index < -0.39 is 0 Å². The molecule has 0 bridgehead atoms. The van der Waals surface area contributed by atoms with Crippen molar-refractivity contribution in [3.63, 3.8) is 0 Å². The minimum Gasteiger partial charge on any atom is -0.492 e. The van der Waals surface area contributed by atoms with Crippen molar-refractivity contribution in [3.8, 4) is 5.75 Å². The van der Waals surface area contributed by atoms with Crippen LogP contribution in [-0.2, 0) is 22.4 Å². The highest BCUT2D eigenvalue weighted by Gasteiger charge is 2.29. The van der Waals surface area contributed by atoms with Gasteiger partial charge in [0.25, 0.3) is 0 Å². The first-order chi connectivity index (χ1) is 16.0. The molecule has 0 spiro atoms. The number of amides is 1. The molecule has 0 atom stereocenters. The Morgan fingerprint density at radius 2 is 1.82 bits per heavy atom. The first-order valence-electron chi connectivity index (χ1n) is 11.5. The lowest BCUT2D eigenvalue weighted by molar-refractivity contribution is -0.117. The number of carbonyl (C=O) groups is 2. The molecule has 33 heavy (non-hydrogen) atoms. The van der Waals surface area contributed by atoms with Gasteiger partial charge in [-0.15, -0.1) is 11.3 Å². The molecular weight excluding hydrogens is 462 g/mol. The maximum Gasteiger partial charge on any atom is 0.341 e. The second-order valence-electron chi connectivity index (χ2n) is 8.25. The molecular formula is C24H30ClN3O4S. The van der Waals surface area contributed by atoms with Gasteiger partial charge in [0, 0.05) is 42.6 Å². The van der Waals surface area contributed by atoms with E-state index in [1.807, 2.05) is 24.3 Å². The predicted molar refractivity (Wildman–Crippen MR) is 131 cm³/mol. The van der Waals surface area contributed by atoms with Crippen LogP contribution >= 0.6 is 22.9 Å². The maximum absolute atomic E-state index is 12.7. The van der Waals surface area contributed by atoms with Crippen LogP contribution < -0.4 is 10.1 Å². The van der Waals surface area contributed by atoms with E-state index in [2.05, 4.69) is 15.1 Å². The number of nitrogens with one attached hydrogen (secondary N) is 1. The first-order valence-corrected chi connectivity index (χ1v) is 12.7. The molecule has 1 aliphatic carbocycles. The molecule has 1 N–H and O–H groups in total. The zero-order chi connectivity index (χ0) is 23.2. The highest BCUT2D eigenvalue weighted by atomic mass is 35.5. The molecule has 9 heteroatoms. The Balaban J connectivity index is 1.22. The van der Waals surface area contributed by atoms with Crippen molar-refractivity contribution in [2.45, 2.75) is 26.2 Å². The van der Waals surface area contributed by atoms with Gasteiger partial charge in [0.1, 0.15) is 17.4 Å². The van der Waals surface area contributed by atoms with Crippen LogP contribution in [-0.4, -0.2) is 74.2 Å². The number of aryl methyl sites for hydroxylation is 1. The Hall–Kier alpha value is -2.13. The molecule has 0 radical (unpaired) electrons. The smallest absolute Gasteiger partial charge is 0.341 e. The van der Waals surface area contributed by atoms with Gasteiger partial charge in [-0.25, -0.2) is 4.79 Å². The van der Waals surface area contributed by atoms with E-state index >= 15 is 0 Å². The summed E-state index contributed by atoms with van der Waals surface area (Å²) in [6.45, 7) is 7.31. The molecule has 1 aromatic carbocycles. The van der Waals surface area contributed by atoms with Crippen LogP contribution in [0.5, 0.6) is 5.75 Å². The first kappa shape index (κ1) is 24.0. The molecule has 0 unspecified atom stereocenters. The average molecular weight is 492 g/mol. The number of anilines is 1. The second-order valence-corrected chi connectivity index (χ2v) is 9.79. The number of piperazine rings is 1. The van der Waals surface area contributed by atoms with E-state index in [-0.39, 0.29) is 11.9 Å². The molecule has 2 heterocycles.